The van der Waals surface area contributed by atoms with Crippen molar-refractivity contribution >= 4 is 132 Å². The van der Waals surface area contributed by atoms with E-state index < -0.39 is 0 Å². The normalized spacial score (nSPS) is 18.1. The molecule has 2 N–H and O–H groups in total. The fraction of sp³-hybridized carbons (Fsp3) is 0.250. The van der Waals surface area contributed by atoms with Crippen LogP contribution in [-0.4, -0.2) is 93.0 Å². The minimum atomic E-state index is -0.231. The van der Waals surface area contributed by atoms with E-state index in [1.807, 2.05) is 66.7 Å². The molecule has 0 saturated carbocycles. The molecule has 3 aromatic heterocycles. The van der Waals surface area contributed by atoms with Crippen molar-refractivity contribution in [2.75, 3.05) is 17.3 Å². The van der Waals surface area contributed by atoms with Gasteiger partial charge in [-0.1, -0.05) is 36.4 Å². The molecule has 3 atom stereocenters. The largest absolute Gasteiger partial charge is 0.508 e. The van der Waals surface area contributed by atoms with Crippen LogP contribution < -0.4 is 4.74 Å². The predicted octanol–water partition coefficient (Wildman–Crippen LogP) is 9.02. The molecule has 0 saturated heterocycles. The van der Waals surface area contributed by atoms with Gasteiger partial charge in [0.15, 0.2) is 17.3 Å². The number of carbonyl (C=O) groups excluding carboxylic acids is 3. The first-order valence-corrected chi connectivity index (χ1v) is 24.7. The molecule has 4 aromatic carbocycles. The Morgan fingerprint density at radius 1 is 0.581 bits per heavy atom. The van der Waals surface area contributed by atoms with Gasteiger partial charge < -0.3 is 14.9 Å². The number of phenols is 1. The third-order valence-corrected chi connectivity index (χ3v) is 16.2. The lowest BCUT2D eigenvalue weighted by molar-refractivity contribution is -0.118. The number of aliphatic imine (C=N–C) groups is 3. The molecule has 316 valence electrons. The summed E-state index contributed by atoms with van der Waals surface area (Å²) in [6.07, 6.45) is 0. The number of ether oxygens (including phenoxy) is 1. The van der Waals surface area contributed by atoms with Crippen molar-refractivity contribution in [1.82, 2.24) is 15.0 Å². The van der Waals surface area contributed by atoms with Crippen LogP contribution in [0.25, 0.3) is 30.6 Å². The molecule has 62 heavy (non-hydrogen) atoms. The van der Waals surface area contributed by atoms with Crippen molar-refractivity contribution in [2.24, 2.45) is 15.0 Å². The highest BCUT2D eigenvalue weighted by atomic mass is 32.2. The minimum absolute atomic E-state index is 0.0330. The van der Waals surface area contributed by atoms with Gasteiger partial charge in [-0.3, -0.25) is 29.4 Å². The number of phenolic OH excluding ortho intramolecular Hbond substituents is 1. The summed E-state index contributed by atoms with van der Waals surface area (Å²) in [5.74, 6) is 3.50. The first-order valence-electron chi connectivity index (χ1n) is 19.3. The second kappa shape index (κ2) is 19.7. The van der Waals surface area contributed by atoms with Crippen LogP contribution in [0.1, 0.15) is 46.9 Å². The molecule has 6 heterocycles. The summed E-state index contributed by atoms with van der Waals surface area (Å²) in [5, 5.41) is 23.7. The molecule has 0 unspecified atom stereocenters. The van der Waals surface area contributed by atoms with Gasteiger partial charge in [0.05, 0.1) is 37.3 Å². The molecule has 12 nitrogen and oxygen atoms in total. The number of aromatic nitrogens is 3. The highest BCUT2D eigenvalue weighted by molar-refractivity contribution is 8.15. The number of hydrogen-bond acceptors (Lipinski definition) is 18. The molecule has 0 bridgehead atoms. The number of thioether (sulfide) groups is 3. The zero-order valence-electron chi connectivity index (χ0n) is 33.5. The van der Waals surface area contributed by atoms with E-state index in [0.717, 1.165) is 77.7 Å². The van der Waals surface area contributed by atoms with Crippen molar-refractivity contribution < 1.29 is 29.3 Å². The molecule has 3 aliphatic rings. The topological polar surface area (TPSA) is 177 Å². The Kier molecular flexibility index (Phi) is 13.9. The molecule has 0 amide bonds. The van der Waals surface area contributed by atoms with E-state index >= 15 is 0 Å². The van der Waals surface area contributed by atoms with Crippen molar-refractivity contribution in [3.05, 3.63) is 111 Å². The fourth-order valence-corrected chi connectivity index (χ4v) is 12.7. The average molecular weight is 939 g/mol. The van der Waals surface area contributed by atoms with Crippen molar-refractivity contribution in [1.29, 1.82) is 0 Å². The van der Waals surface area contributed by atoms with E-state index in [1.54, 1.807) is 96.9 Å². The summed E-state index contributed by atoms with van der Waals surface area (Å²) in [4.78, 5) is 61.0. The number of hydrogen-bond donors (Lipinski definition) is 2. The van der Waals surface area contributed by atoms with Gasteiger partial charge in [0.1, 0.15) is 66.4 Å². The number of nitrogens with zero attached hydrogens (tertiary/aromatic N) is 6. The minimum Gasteiger partial charge on any atom is -0.508 e. The van der Waals surface area contributed by atoms with E-state index in [9.17, 15) is 19.5 Å². The van der Waals surface area contributed by atoms with Gasteiger partial charge in [-0.15, -0.1) is 69.3 Å². The number of rotatable bonds is 10. The van der Waals surface area contributed by atoms with Crippen molar-refractivity contribution in [2.45, 2.75) is 52.1 Å². The second-order valence-electron chi connectivity index (χ2n) is 14.2. The third kappa shape index (κ3) is 10.5. The maximum Gasteiger partial charge on any atom is 0.155 e. The van der Waals surface area contributed by atoms with Gasteiger partial charge in [-0.05, 0) is 80.4 Å². The zero-order chi connectivity index (χ0) is 43.3. The number of aliphatic hydroxyl groups is 1. The monoisotopic (exact) mass is 938 g/mol. The number of aliphatic hydroxyl groups excluding tert-OH is 1. The Hall–Kier alpha value is -4.82. The third-order valence-electron chi connectivity index (χ3n) is 9.53. The highest BCUT2D eigenvalue weighted by Gasteiger charge is 2.27. The lowest BCUT2D eigenvalue weighted by Gasteiger charge is -2.05. The van der Waals surface area contributed by atoms with Crippen LogP contribution in [0.4, 0.5) is 0 Å². The maximum atomic E-state index is 11.5. The second-order valence-corrected chi connectivity index (χ2v) is 20.3. The Labute approximate surface area is 381 Å². The lowest BCUT2D eigenvalue weighted by Crippen LogP contribution is -2.14. The van der Waals surface area contributed by atoms with E-state index in [1.165, 1.54) is 11.3 Å². The molecule has 3 aliphatic heterocycles. The van der Waals surface area contributed by atoms with Crippen LogP contribution in [0.5, 0.6) is 11.5 Å². The molecule has 0 fully saturated rings. The van der Waals surface area contributed by atoms with Gasteiger partial charge in [-0.2, -0.15) is 0 Å². The first-order chi connectivity index (χ1) is 30.0. The molecule has 0 aliphatic carbocycles. The number of ketones is 3. The SMILES string of the molecule is CC(=O)[C@H]1CSC(c2nc3ccc(CO)cc3s2)=N1.CC(=O)[C@H]1CSC(c2nc3ccc(O)cc3s2)=N1.CC(=O)[C@H]1CSC(c2nc3ccc(OCc4ccccc4)cc3s2)=N1. The molecule has 7 aromatic rings. The maximum absolute atomic E-state index is 11.5. The molecule has 0 spiro atoms. The molecular weight excluding hydrogens is 901 g/mol. The Bertz CT molecular complexity index is 2910. The van der Waals surface area contributed by atoms with Crippen molar-refractivity contribution in [3.63, 3.8) is 0 Å². The summed E-state index contributed by atoms with van der Waals surface area (Å²) in [6, 6.07) is 26.2. The van der Waals surface area contributed by atoms with E-state index in [4.69, 9.17) is 9.84 Å². The molecule has 18 heteroatoms. The summed E-state index contributed by atoms with van der Waals surface area (Å²) < 4.78 is 8.92. The van der Waals surface area contributed by atoms with Gasteiger partial charge in [0.2, 0.25) is 0 Å². The van der Waals surface area contributed by atoms with Crippen LogP contribution in [0.3, 0.4) is 0 Å². The average Bonchev–Trinajstić information content (AvgIpc) is 4.13. The van der Waals surface area contributed by atoms with E-state index in [0.29, 0.717) is 23.9 Å². The predicted molar refractivity (Wildman–Crippen MR) is 258 cm³/mol. The van der Waals surface area contributed by atoms with Crippen LogP contribution in [0.15, 0.2) is 99.9 Å². The number of benzene rings is 4. The first kappa shape index (κ1) is 43.8. The van der Waals surface area contributed by atoms with Crippen LogP contribution in [-0.2, 0) is 27.6 Å². The number of fused-ring (bicyclic) bond motifs is 3. The smallest absolute Gasteiger partial charge is 0.155 e. The lowest BCUT2D eigenvalue weighted by atomic mass is 10.2. The number of Topliss-reactive ketones (excluding diaryl/α,β-unsaturated/α-hetero) is 3. The molecule has 0 radical (unpaired) electrons. The summed E-state index contributed by atoms with van der Waals surface area (Å²) in [6.45, 7) is 5.30. The number of carbonyl (C=O) groups is 3. The molecular formula is C44H38N6O6S6. The van der Waals surface area contributed by atoms with E-state index in [2.05, 4.69) is 29.9 Å². The van der Waals surface area contributed by atoms with Crippen LogP contribution in [0.2, 0.25) is 0 Å². The van der Waals surface area contributed by atoms with Gasteiger partial charge in [0, 0.05) is 17.3 Å². The Morgan fingerprint density at radius 3 is 1.50 bits per heavy atom. The quantitative estimate of drug-likeness (QED) is 0.133. The number of thiazole rings is 3. The van der Waals surface area contributed by atoms with E-state index in [-0.39, 0.29) is 47.8 Å². The molecule has 10 rings (SSSR count). The summed E-state index contributed by atoms with van der Waals surface area (Å²) in [7, 11) is 0. The zero-order valence-corrected chi connectivity index (χ0v) is 38.4. The Morgan fingerprint density at radius 2 is 1.03 bits per heavy atom. The van der Waals surface area contributed by atoms with Crippen LogP contribution >= 0.6 is 69.3 Å². The van der Waals surface area contributed by atoms with Crippen molar-refractivity contribution in [3.8, 4) is 11.5 Å². The summed E-state index contributed by atoms with van der Waals surface area (Å²) in [5.41, 5.74) is 4.71. The highest BCUT2D eigenvalue weighted by Crippen LogP contribution is 2.34. The van der Waals surface area contributed by atoms with Crippen LogP contribution in [0, 0.1) is 0 Å². The summed E-state index contributed by atoms with van der Waals surface area (Å²) >= 11 is 9.39. The Balaban J connectivity index is 0.000000130. The van der Waals surface area contributed by atoms with Gasteiger partial charge >= 0.3 is 0 Å². The van der Waals surface area contributed by atoms with Gasteiger partial charge in [0.25, 0.3) is 0 Å². The number of aromatic hydroxyl groups is 1. The van der Waals surface area contributed by atoms with Gasteiger partial charge in [-0.25, -0.2) is 15.0 Å². The standard InChI is InChI=1S/C19H16N2O2S2.C13H12N2O2S2.C12H10N2O2S2/c1-12(22)16-11-24-18(21-16)19-20-15-8-7-14(9-17(15)25-19)23-10-13-5-3-2-4-6-13;1-7(17)10-6-18-12(15-10)13-14-9-3-2-8(5-16)4-11(9)19-13;1-6(15)9-5-17-11(14-9)12-13-8-3-2-7(16)4-10(8)18-12/h2-9,16H,10-11H2,1H3;2-4,10,16H,5-6H2,1H3;2-4,9,16H,5H2,1H3/t16-;10-;9-/m111/s1. The fourth-order valence-electron chi connectivity index (χ4n) is 6.09.